The Morgan fingerprint density at radius 1 is 1.18 bits per heavy atom. The van der Waals surface area contributed by atoms with Gasteiger partial charge in [0.2, 0.25) is 0 Å². The summed E-state index contributed by atoms with van der Waals surface area (Å²) < 4.78 is 5.29. The number of para-hydroxylation sites is 1. The number of ether oxygens (including phenoxy) is 1. The highest BCUT2D eigenvalue weighted by atomic mass is 16.5. The molecule has 1 aromatic heterocycles. The van der Waals surface area contributed by atoms with Gasteiger partial charge in [0.1, 0.15) is 11.6 Å². The molecule has 0 bridgehead atoms. The average Bonchev–Trinajstić information content (AvgIpc) is 3.14. The lowest BCUT2D eigenvalue weighted by Crippen LogP contribution is -2.36. The third-order valence-corrected chi connectivity index (χ3v) is 4.12. The molecule has 0 saturated heterocycles. The number of carbonyl (C=O) groups excluding carboxylic acids is 2. The van der Waals surface area contributed by atoms with Crippen LogP contribution in [0, 0.1) is 6.92 Å². The normalized spacial score (nSPS) is 10.4. The van der Waals surface area contributed by atoms with E-state index in [4.69, 9.17) is 4.74 Å². The number of benzene rings is 2. The van der Waals surface area contributed by atoms with Gasteiger partial charge in [-0.25, -0.2) is 4.98 Å². The molecule has 0 aliphatic rings. The van der Waals surface area contributed by atoms with E-state index in [1.807, 2.05) is 30.3 Å². The van der Waals surface area contributed by atoms with Crippen molar-refractivity contribution in [3.63, 3.8) is 0 Å². The lowest BCUT2D eigenvalue weighted by Gasteiger charge is -2.18. The topological polar surface area (TPSA) is 100 Å². The number of hydrogen-bond acceptors (Lipinski definition) is 5. The van der Waals surface area contributed by atoms with E-state index in [-0.39, 0.29) is 6.54 Å². The quantitative estimate of drug-likeness (QED) is 0.663. The Labute approximate surface area is 162 Å². The van der Waals surface area contributed by atoms with Crippen LogP contribution in [-0.4, -0.2) is 46.1 Å². The third-order valence-electron chi connectivity index (χ3n) is 4.12. The zero-order valence-corrected chi connectivity index (χ0v) is 15.9. The summed E-state index contributed by atoms with van der Waals surface area (Å²) in [6.45, 7) is 2.06. The lowest BCUT2D eigenvalue weighted by atomic mass is 10.2. The van der Waals surface area contributed by atoms with Crippen molar-refractivity contribution in [1.82, 2.24) is 20.1 Å². The predicted molar refractivity (Wildman–Crippen MR) is 105 cm³/mol. The Hall–Kier alpha value is -3.68. The zero-order chi connectivity index (χ0) is 20.1. The first-order valence-electron chi connectivity index (χ1n) is 8.65. The number of methoxy groups -OCH3 is 1. The van der Waals surface area contributed by atoms with Gasteiger partial charge in [-0.2, -0.15) is 5.10 Å². The van der Waals surface area contributed by atoms with E-state index in [2.05, 4.69) is 20.5 Å². The maximum absolute atomic E-state index is 12.5. The van der Waals surface area contributed by atoms with Crippen LogP contribution >= 0.6 is 0 Å². The molecule has 144 valence electrons. The second-order valence-corrected chi connectivity index (χ2v) is 6.25. The van der Waals surface area contributed by atoms with Gasteiger partial charge < -0.3 is 15.0 Å². The summed E-state index contributed by atoms with van der Waals surface area (Å²) >= 11 is 0. The molecule has 1 heterocycles. The minimum absolute atomic E-state index is 0.257. The molecular weight excluding hydrogens is 358 g/mol. The standard InChI is InChI=1S/C20H21N5O3/c1-13-21-18(24-23-13)14-8-6-9-16(11-14)22-19(26)20(27)25(2)12-15-7-4-5-10-17(15)28-3/h4-11H,12H2,1-3H3,(H,22,26)(H,21,23,24). The van der Waals surface area contributed by atoms with E-state index in [9.17, 15) is 9.59 Å². The fourth-order valence-corrected chi connectivity index (χ4v) is 2.73. The van der Waals surface area contributed by atoms with Crippen molar-refractivity contribution >= 4 is 17.5 Å². The number of nitrogens with one attached hydrogen (secondary N) is 2. The van der Waals surface area contributed by atoms with E-state index >= 15 is 0 Å². The minimum atomic E-state index is -0.722. The SMILES string of the molecule is COc1ccccc1CN(C)C(=O)C(=O)Nc1cccc(-c2n[nH]c(C)n2)c1. The number of anilines is 1. The van der Waals surface area contributed by atoms with Crippen LogP contribution < -0.4 is 10.1 Å². The molecule has 2 aromatic carbocycles. The number of aromatic nitrogens is 3. The van der Waals surface area contributed by atoms with Crippen molar-refractivity contribution in [1.29, 1.82) is 0 Å². The number of H-pyrrole nitrogens is 1. The van der Waals surface area contributed by atoms with Crippen LogP contribution in [0.3, 0.4) is 0 Å². The number of carbonyl (C=O) groups is 2. The molecule has 8 nitrogen and oxygen atoms in total. The van der Waals surface area contributed by atoms with Gasteiger partial charge in [0, 0.05) is 30.4 Å². The van der Waals surface area contributed by atoms with Gasteiger partial charge in [-0.05, 0) is 25.1 Å². The number of aromatic amines is 1. The first-order valence-corrected chi connectivity index (χ1v) is 8.65. The van der Waals surface area contributed by atoms with Crippen molar-refractivity contribution in [2.75, 3.05) is 19.5 Å². The summed E-state index contributed by atoms with van der Waals surface area (Å²) in [7, 11) is 3.14. The number of nitrogens with zero attached hydrogens (tertiary/aromatic N) is 3. The molecule has 0 fully saturated rings. The molecule has 3 aromatic rings. The highest BCUT2D eigenvalue weighted by Gasteiger charge is 2.20. The molecule has 0 aliphatic carbocycles. The maximum atomic E-state index is 12.5. The van der Waals surface area contributed by atoms with E-state index in [0.717, 1.165) is 11.1 Å². The summed E-state index contributed by atoms with van der Waals surface area (Å²) in [5.41, 5.74) is 2.04. The van der Waals surface area contributed by atoms with Crippen LogP contribution in [0.25, 0.3) is 11.4 Å². The molecular formula is C20H21N5O3. The number of likely N-dealkylation sites (N-methyl/N-ethyl adjacent to an activating group) is 1. The summed E-state index contributed by atoms with van der Waals surface area (Å²) in [4.78, 5) is 30.4. The fraction of sp³-hybridized carbons (Fsp3) is 0.200. The molecule has 0 radical (unpaired) electrons. The van der Waals surface area contributed by atoms with Crippen molar-refractivity contribution in [3.8, 4) is 17.1 Å². The Morgan fingerprint density at radius 2 is 1.96 bits per heavy atom. The largest absolute Gasteiger partial charge is 0.496 e. The number of aryl methyl sites for hydroxylation is 1. The second kappa shape index (κ2) is 8.34. The van der Waals surface area contributed by atoms with E-state index in [1.54, 1.807) is 39.3 Å². The van der Waals surface area contributed by atoms with Gasteiger partial charge in [0.15, 0.2) is 5.82 Å². The Kier molecular flexibility index (Phi) is 5.69. The minimum Gasteiger partial charge on any atom is -0.496 e. The number of hydrogen-bond donors (Lipinski definition) is 2. The summed E-state index contributed by atoms with van der Waals surface area (Å²) in [5, 5.41) is 9.50. The van der Waals surface area contributed by atoms with Gasteiger partial charge in [-0.1, -0.05) is 30.3 Å². The second-order valence-electron chi connectivity index (χ2n) is 6.25. The smallest absolute Gasteiger partial charge is 0.313 e. The molecule has 0 atom stereocenters. The summed E-state index contributed by atoms with van der Waals surface area (Å²) in [6, 6.07) is 14.4. The van der Waals surface area contributed by atoms with E-state index in [1.165, 1.54) is 4.90 Å². The van der Waals surface area contributed by atoms with Crippen LogP contribution in [0.4, 0.5) is 5.69 Å². The molecule has 2 amide bonds. The van der Waals surface area contributed by atoms with Crippen molar-refractivity contribution < 1.29 is 14.3 Å². The molecule has 0 aliphatic heterocycles. The highest BCUT2D eigenvalue weighted by Crippen LogP contribution is 2.20. The molecule has 28 heavy (non-hydrogen) atoms. The van der Waals surface area contributed by atoms with Gasteiger partial charge in [-0.3, -0.25) is 14.7 Å². The molecule has 0 spiro atoms. The van der Waals surface area contributed by atoms with Crippen molar-refractivity contribution in [2.24, 2.45) is 0 Å². The molecule has 0 unspecified atom stereocenters. The lowest BCUT2D eigenvalue weighted by molar-refractivity contribution is -0.142. The van der Waals surface area contributed by atoms with Gasteiger partial charge in [-0.15, -0.1) is 0 Å². The Morgan fingerprint density at radius 3 is 2.68 bits per heavy atom. The van der Waals surface area contributed by atoms with Crippen LogP contribution in [0.2, 0.25) is 0 Å². The van der Waals surface area contributed by atoms with E-state index in [0.29, 0.717) is 23.1 Å². The highest BCUT2D eigenvalue weighted by molar-refractivity contribution is 6.39. The number of amides is 2. The van der Waals surface area contributed by atoms with Crippen LogP contribution in [-0.2, 0) is 16.1 Å². The molecule has 2 N–H and O–H groups in total. The van der Waals surface area contributed by atoms with Crippen LogP contribution in [0.1, 0.15) is 11.4 Å². The zero-order valence-electron chi connectivity index (χ0n) is 15.9. The van der Waals surface area contributed by atoms with Crippen LogP contribution in [0.5, 0.6) is 5.75 Å². The Balaban J connectivity index is 1.68. The Bertz CT molecular complexity index is 999. The third kappa shape index (κ3) is 4.35. The summed E-state index contributed by atoms with van der Waals surface area (Å²) in [6.07, 6.45) is 0. The average molecular weight is 379 g/mol. The van der Waals surface area contributed by atoms with Gasteiger partial charge in [0.05, 0.1) is 7.11 Å². The first-order chi connectivity index (χ1) is 13.5. The fourth-order valence-electron chi connectivity index (χ4n) is 2.73. The van der Waals surface area contributed by atoms with Crippen molar-refractivity contribution in [3.05, 3.63) is 59.9 Å². The van der Waals surface area contributed by atoms with Crippen LogP contribution in [0.15, 0.2) is 48.5 Å². The predicted octanol–water partition coefficient (Wildman–Crippen LogP) is 2.39. The first kappa shape index (κ1) is 19.1. The monoisotopic (exact) mass is 379 g/mol. The molecule has 3 rings (SSSR count). The van der Waals surface area contributed by atoms with Crippen molar-refractivity contribution in [2.45, 2.75) is 13.5 Å². The molecule has 0 saturated carbocycles. The maximum Gasteiger partial charge on any atom is 0.313 e. The van der Waals surface area contributed by atoms with E-state index < -0.39 is 11.8 Å². The molecule has 8 heteroatoms. The summed E-state index contributed by atoms with van der Waals surface area (Å²) in [5.74, 6) is 0.508. The number of rotatable bonds is 5. The van der Waals surface area contributed by atoms with Gasteiger partial charge in [0.25, 0.3) is 0 Å². The van der Waals surface area contributed by atoms with Gasteiger partial charge >= 0.3 is 11.8 Å².